The number of nitrogens with zero attached hydrogens (tertiary/aromatic N) is 1. The Hall–Kier alpha value is -3.60. The topological polar surface area (TPSA) is 114 Å². The van der Waals surface area contributed by atoms with Gasteiger partial charge in [0.15, 0.2) is 0 Å². The molecule has 2 aromatic carbocycles. The van der Waals surface area contributed by atoms with Crippen molar-refractivity contribution in [1.29, 1.82) is 0 Å². The van der Waals surface area contributed by atoms with Crippen molar-refractivity contribution in [2.24, 2.45) is 11.7 Å². The second kappa shape index (κ2) is 15.0. The first-order valence-electron chi connectivity index (χ1n) is 14.4. The largest absolute Gasteiger partial charge is 0.380 e. The molecule has 0 spiro atoms. The average Bonchev–Trinajstić information content (AvgIpc) is 3.67. The van der Waals surface area contributed by atoms with Crippen molar-refractivity contribution in [2.45, 2.75) is 57.7 Å². The molecule has 1 saturated heterocycles. The van der Waals surface area contributed by atoms with E-state index in [4.69, 9.17) is 10.5 Å². The van der Waals surface area contributed by atoms with Gasteiger partial charge >= 0.3 is 0 Å². The van der Waals surface area contributed by atoms with Gasteiger partial charge in [-0.25, -0.2) is 4.39 Å². The van der Waals surface area contributed by atoms with Gasteiger partial charge in [-0.05, 0) is 74.6 Å². The van der Waals surface area contributed by atoms with E-state index in [1.807, 2.05) is 42.2 Å². The fraction of sp³-hybridized carbons (Fsp3) is 0.406. The van der Waals surface area contributed by atoms with E-state index in [-0.39, 0.29) is 29.6 Å². The number of carbonyl (C=O) groups is 3. The van der Waals surface area contributed by atoms with E-state index in [1.54, 1.807) is 19.1 Å². The SMILES string of the molecule is CCOC[C@H]1CCCN1C(=O)c1ccc(C(=O)N[C@@H](Cc2ccccc2)[C@@H](N)C[C@@H](C)C(=O)Nc2ccc(F)cc2)s1. The molecule has 0 bridgehead atoms. The maximum atomic E-state index is 13.4. The molecular formula is C32H39FN4O4S. The summed E-state index contributed by atoms with van der Waals surface area (Å²) in [5, 5.41) is 5.86. The highest BCUT2D eigenvalue weighted by atomic mass is 32.1. The lowest BCUT2D eigenvalue weighted by atomic mass is 9.92. The molecule has 3 amide bonds. The third kappa shape index (κ3) is 8.47. The van der Waals surface area contributed by atoms with Gasteiger partial charge < -0.3 is 26.0 Å². The monoisotopic (exact) mass is 594 g/mol. The predicted molar refractivity (Wildman–Crippen MR) is 163 cm³/mol. The van der Waals surface area contributed by atoms with Crippen molar-refractivity contribution < 1.29 is 23.5 Å². The minimum atomic E-state index is -0.534. The Morgan fingerprint density at radius 1 is 1.07 bits per heavy atom. The first kappa shape index (κ1) is 31.3. The molecule has 0 unspecified atom stereocenters. The number of thiophene rings is 1. The lowest BCUT2D eigenvalue weighted by molar-refractivity contribution is -0.119. The number of nitrogens with one attached hydrogen (secondary N) is 2. The van der Waals surface area contributed by atoms with Gasteiger partial charge in [0.05, 0.1) is 22.4 Å². The van der Waals surface area contributed by atoms with Gasteiger partial charge in [0, 0.05) is 36.8 Å². The van der Waals surface area contributed by atoms with Crippen LogP contribution in [0.4, 0.5) is 10.1 Å². The van der Waals surface area contributed by atoms with Crippen LogP contribution in [0.5, 0.6) is 0 Å². The minimum absolute atomic E-state index is 0.0484. The van der Waals surface area contributed by atoms with Gasteiger partial charge in [-0.3, -0.25) is 14.4 Å². The van der Waals surface area contributed by atoms with E-state index < -0.39 is 18.0 Å². The third-order valence-corrected chi connectivity index (χ3v) is 8.58. The van der Waals surface area contributed by atoms with E-state index >= 15 is 0 Å². The summed E-state index contributed by atoms with van der Waals surface area (Å²) in [6, 6.07) is 17.7. The number of halogens is 1. The number of hydrogen-bond acceptors (Lipinski definition) is 6. The molecule has 224 valence electrons. The molecule has 2 heterocycles. The number of nitrogens with two attached hydrogens (primary N) is 1. The summed E-state index contributed by atoms with van der Waals surface area (Å²) < 4.78 is 18.8. The van der Waals surface area contributed by atoms with Crippen LogP contribution < -0.4 is 16.4 Å². The van der Waals surface area contributed by atoms with Gasteiger partial charge in [-0.2, -0.15) is 0 Å². The average molecular weight is 595 g/mol. The lowest BCUT2D eigenvalue weighted by Crippen LogP contribution is -2.50. The molecule has 4 N–H and O–H groups in total. The molecule has 0 saturated carbocycles. The van der Waals surface area contributed by atoms with E-state index in [9.17, 15) is 18.8 Å². The maximum Gasteiger partial charge on any atom is 0.264 e. The molecule has 42 heavy (non-hydrogen) atoms. The number of ether oxygens (including phenoxy) is 1. The Bertz CT molecular complexity index is 1330. The zero-order chi connectivity index (χ0) is 30.1. The molecule has 8 nitrogen and oxygen atoms in total. The molecule has 10 heteroatoms. The summed E-state index contributed by atoms with van der Waals surface area (Å²) in [7, 11) is 0. The van der Waals surface area contributed by atoms with E-state index in [0.29, 0.717) is 48.0 Å². The summed E-state index contributed by atoms with van der Waals surface area (Å²) in [5.41, 5.74) is 8.12. The Morgan fingerprint density at radius 3 is 2.50 bits per heavy atom. The first-order valence-corrected chi connectivity index (χ1v) is 15.2. The van der Waals surface area contributed by atoms with Crippen molar-refractivity contribution in [2.75, 3.05) is 25.1 Å². The van der Waals surface area contributed by atoms with Crippen LogP contribution >= 0.6 is 11.3 Å². The molecule has 0 radical (unpaired) electrons. The Morgan fingerprint density at radius 2 is 1.79 bits per heavy atom. The second-order valence-electron chi connectivity index (χ2n) is 10.7. The summed E-state index contributed by atoms with van der Waals surface area (Å²) in [6.07, 6.45) is 2.63. The fourth-order valence-corrected chi connectivity index (χ4v) is 6.01. The molecule has 0 aliphatic carbocycles. The number of likely N-dealkylation sites (tertiary alicyclic amines) is 1. The van der Waals surface area contributed by atoms with E-state index in [0.717, 1.165) is 18.4 Å². The maximum absolute atomic E-state index is 13.4. The first-order chi connectivity index (χ1) is 20.2. The number of carbonyl (C=O) groups excluding carboxylic acids is 3. The third-order valence-electron chi connectivity index (χ3n) is 7.51. The van der Waals surface area contributed by atoms with Crippen molar-refractivity contribution >= 4 is 34.7 Å². The molecule has 1 aliphatic heterocycles. The number of benzene rings is 2. The van der Waals surface area contributed by atoms with Crippen LogP contribution in [0.1, 0.15) is 58.0 Å². The second-order valence-corrected chi connectivity index (χ2v) is 11.8. The molecule has 1 aliphatic rings. The van der Waals surface area contributed by atoms with E-state index in [2.05, 4.69) is 10.6 Å². The van der Waals surface area contributed by atoms with Gasteiger partial charge in [0.25, 0.3) is 11.8 Å². The quantitative estimate of drug-likeness (QED) is 0.262. The molecule has 4 rings (SSSR count). The van der Waals surface area contributed by atoms with Crippen molar-refractivity contribution in [1.82, 2.24) is 10.2 Å². The standard InChI is InChI=1S/C32H39FN4O4S/c1-3-41-20-25-10-7-17-37(25)32(40)29-16-15-28(42-29)31(39)36-27(19-22-8-5-4-6-9-22)26(34)18-21(2)30(38)35-24-13-11-23(33)12-14-24/h4-6,8-9,11-16,21,25-27H,3,7,10,17-20,34H2,1-2H3,(H,35,38)(H,36,39)/t21-,25-,26+,27+/m1/s1. The lowest BCUT2D eigenvalue weighted by Gasteiger charge is -2.27. The van der Waals surface area contributed by atoms with Crippen molar-refractivity contribution in [3.63, 3.8) is 0 Å². The van der Waals surface area contributed by atoms with Crippen LogP contribution in [0.15, 0.2) is 66.7 Å². The zero-order valence-corrected chi connectivity index (χ0v) is 24.9. The fourth-order valence-electron chi connectivity index (χ4n) is 5.14. The zero-order valence-electron chi connectivity index (χ0n) is 24.1. The summed E-state index contributed by atoms with van der Waals surface area (Å²) in [5.74, 6) is -1.48. The van der Waals surface area contributed by atoms with Gasteiger partial charge in [-0.15, -0.1) is 11.3 Å². The van der Waals surface area contributed by atoms with Crippen LogP contribution in [0.3, 0.4) is 0 Å². The molecule has 4 atom stereocenters. The number of rotatable bonds is 13. The number of anilines is 1. The summed E-state index contributed by atoms with van der Waals surface area (Å²) in [4.78, 5) is 42.2. The molecular weight excluding hydrogens is 555 g/mol. The highest BCUT2D eigenvalue weighted by Crippen LogP contribution is 2.25. The Labute approximate surface area is 250 Å². The Kier molecular flexibility index (Phi) is 11.2. The van der Waals surface area contributed by atoms with Gasteiger partial charge in [0.2, 0.25) is 5.91 Å². The predicted octanol–water partition coefficient (Wildman–Crippen LogP) is 4.86. The highest BCUT2D eigenvalue weighted by molar-refractivity contribution is 7.15. The van der Waals surface area contributed by atoms with Crippen molar-refractivity contribution in [3.05, 3.63) is 87.9 Å². The number of hydrogen-bond donors (Lipinski definition) is 3. The summed E-state index contributed by atoms with van der Waals surface area (Å²) in [6.45, 7) is 5.50. The normalized spacial score (nSPS) is 17.0. The van der Waals surface area contributed by atoms with Crippen molar-refractivity contribution in [3.8, 4) is 0 Å². The summed E-state index contributed by atoms with van der Waals surface area (Å²) >= 11 is 1.17. The molecule has 3 aromatic rings. The van der Waals surface area contributed by atoms with Crippen LogP contribution in [0.25, 0.3) is 0 Å². The van der Waals surface area contributed by atoms with E-state index in [1.165, 1.54) is 35.6 Å². The van der Waals surface area contributed by atoms with Gasteiger partial charge in [0.1, 0.15) is 5.82 Å². The molecule has 1 fully saturated rings. The molecule has 1 aromatic heterocycles. The van der Waals surface area contributed by atoms with Crippen LogP contribution in [0.2, 0.25) is 0 Å². The minimum Gasteiger partial charge on any atom is -0.380 e. The smallest absolute Gasteiger partial charge is 0.264 e. The van der Waals surface area contributed by atoms with Crippen LogP contribution in [-0.2, 0) is 16.0 Å². The van der Waals surface area contributed by atoms with Crippen LogP contribution in [0, 0.1) is 11.7 Å². The Balaban J connectivity index is 1.42. The highest BCUT2D eigenvalue weighted by Gasteiger charge is 2.31. The van der Waals surface area contributed by atoms with Gasteiger partial charge in [-0.1, -0.05) is 37.3 Å². The van der Waals surface area contributed by atoms with Crippen LogP contribution in [-0.4, -0.2) is 60.5 Å². The number of amides is 3.